The second kappa shape index (κ2) is 11.9. The van der Waals surface area contributed by atoms with Crippen molar-refractivity contribution in [2.45, 2.75) is 32.2 Å². The van der Waals surface area contributed by atoms with E-state index >= 15 is 0 Å². The van der Waals surface area contributed by atoms with E-state index in [1.165, 1.54) is 5.56 Å². The topological polar surface area (TPSA) is 65.4 Å². The molecule has 0 unspecified atom stereocenters. The number of aryl methyl sites for hydroxylation is 1. The van der Waals surface area contributed by atoms with Gasteiger partial charge in [0.15, 0.2) is 11.5 Å². The lowest BCUT2D eigenvalue weighted by atomic mass is 10.1. The number of rotatable bonds is 11. The van der Waals surface area contributed by atoms with Crippen molar-refractivity contribution in [1.82, 2.24) is 14.9 Å². The summed E-state index contributed by atoms with van der Waals surface area (Å²) >= 11 is 3.57. The molecule has 1 N–H and O–H groups in total. The van der Waals surface area contributed by atoms with Crippen LogP contribution in [0.5, 0.6) is 11.5 Å². The van der Waals surface area contributed by atoms with Gasteiger partial charge in [0.1, 0.15) is 5.82 Å². The van der Waals surface area contributed by atoms with E-state index < -0.39 is 0 Å². The molecular weight excluding hydrogens is 506 g/mol. The number of imidazole rings is 1. The van der Waals surface area contributed by atoms with E-state index in [1.807, 2.05) is 12.1 Å². The van der Waals surface area contributed by atoms with E-state index in [4.69, 9.17) is 14.5 Å². The molecule has 0 bridgehead atoms. The summed E-state index contributed by atoms with van der Waals surface area (Å²) in [5, 5.41) is 3.00. The van der Waals surface area contributed by atoms with Gasteiger partial charge in [0.25, 0.3) is 5.91 Å². The average Bonchev–Trinajstić information content (AvgIpc) is 3.22. The summed E-state index contributed by atoms with van der Waals surface area (Å²) in [6.07, 6.45) is 3.82. The molecule has 0 aliphatic carbocycles. The summed E-state index contributed by atoms with van der Waals surface area (Å²) in [5.41, 5.74) is 3.98. The number of amides is 1. The number of nitrogens with one attached hydrogen (secondary N) is 1. The second-order valence-electron chi connectivity index (χ2n) is 8.37. The van der Waals surface area contributed by atoms with Crippen LogP contribution in [0.2, 0.25) is 0 Å². The van der Waals surface area contributed by atoms with Gasteiger partial charge in [0.05, 0.1) is 25.3 Å². The Kier molecular flexibility index (Phi) is 8.42. The van der Waals surface area contributed by atoms with Crippen LogP contribution < -0.4 is 14.8 Å². The molecule has 182 valence electrons. The fourth-order valence-electron chi connectivity index (χ4n) is 4.18. The summed E-state index contributed by atoms with van der Waals surface area (Å²) in [4.78, 5) is 17.4. The van der Waals surface area contributed by atoms with Crippen LogP contribution in [0.3, 0.4) is 0 Å². The molecule has 4 rings (SSSR count). The minimum atomic E-state index is -0.109. The molecule has 0 fully saturated rings. The lowest BCUT2D eigenvalue weighted by molar-refractivity contribution is 0.0952. The van der Waals surface area contributed by atoms with E-state index in [-0.39, 0.29) is 5.91 Å². The highest BCUT2D eigenvalue weighted by molar-refractivity contribution is 9.10. The first-order valence-electron chi connectivity index (χ1n) is 11.8. The number of carbonyl (C=O) groups is 1. The smallest absolute Gasteiger partial charge is 0.251 e. The van der Waals surface area contributed by atoms with E-state index in [0.717, 1.165) is 53.6 Å². The normalized spacial score (nSPS) is 10.9. The van der Waals surface area contributed by atoms with E-state index in [0.29, 0.717) is 23.6 Å². The average molecular weight is 536 g/mol. The molecular formula is C28H30BrN3O3. The van der Waals surface area contributed by atoms with E-state index in [2.05, 4.69) is 62.2 Å². The highest BCUT2D eigenvalue weighted by Crippen LogP contribution is 2.27. The molecule has 6 nitrogen and oxygen atoms in total. The first-order chi connectivity index (χ1) is 17.1. The zero-order valence-corrected chi connectivity index (χ0v) is 21.7. The van der Waals surface area contributed by atoms with Crippen molar-refractivity contribution in [3.05, 3.63) is 88.2 Å². The molecule has 0 atom stereocenters. The van der Waals surface area contributed by atoms with Gasteiger partial charge in [-0.25, -0.2) is 4.98 Å². The van der Waals surface area contributed by atoms with Crippen molar-refractivity contribution in [3.63, 3.8) is 0 Å². The van der Waals surface area contributed by atoms with Gasteiger partial charge < -0.3 is 19.4 Å². The molecule has 0 saturated heterocycles. The maximum absolute atomic E-state index is 12.5. The number of hydrogen-bond acceptors (Lipinski definition) is 4. The lowest BCUT2D eigenvalue weighted by Gasteiger charge is -2.11. The molecule has 0 saturated carbocycles. The van der Waals surface area contributed by atoms with Crippen LogP contribution in [-0.2, 0) is 13.0 Å². The van der Waals surface area contributed by atoms with Crippen molar-refractivity contribution in [2.24, 2.45) is 0 Å². The minimum absolute atomic E-state index is 0.109. The molecule has 4 aromatic rings. The zero-order chi connectivity index (χ0) is 24.6. The largest absolute Gasteiger partial charge is 0.493 e. The first-order valence-corrected chi connectivity index (χ1v) is 12.6. The van der Waals surface area contributed by atoms with Crippen molar-refractivity contribution in [1.29, 1.82) is 0 Å². The van der Waals surface area contributed by atoms with Gasteiger partial charge in [0, 0.05) is 29.5 Å². The maximum Gasteiger partial charge on any atom is 0.251 e. The lowest BCUT2D eigenvalue weighted by Crippen LogP contribution is -2.24. The Morgan fingerprint density at radius 3 is 2.57 bits per heavy atom. The Bertz CT molecular complexity index is 1300. The van der Waals surface area contributed by atoms with Gasteiger partial charge in [-0.2, -0.15) is 0 Å². The number of ether oxygens (including phenoxy) is 2. The Hall–Kier alpha value is -3.32. The molecule has 0 spiro atoms. The number of unbranched alkanes of at least 4 members (excludes halogenated alkanes) is 2. The summed E-state index contributed by atoms with van der Waals surface area (Å²) in [6, 6.07) is 21.9. The number of fused-ring (bicyclic) bond motifs is 1. The summed E-state index contributed by atoms with van der Waals surface area (Å²) in [6.45, 7) is 1.41. The number of methoxy groups -OCH3 is 2. The van der Waals surface area contributed by atoms with Gasteiger partial charge >= 0.3 is 0 Å². The van der Waals surface area contributed by atoms with E-state index in [1.54, 1.807) is 32.4 Å². The number of nitrogens with zero attached hydrogens (tertiary/aromatic N) is 2. The predicted octanol–water partition coefficient (Wildman–Crippen LogP) is 6.01. The molecule has 0 radical (unpaired) electrons. The van der Waals surface area contributed by atoms with Crippen LogP contribution in [0.4, 0.5) is 0 Å². The van der Waals surface area contributed by atoms with Gasteiger partial charge in [-0.3, -0.25) is 4.79 Å². The third-order valence-electron chi connectivity index (χ3n) is 5.97. The summed E-state index contributed by atoms with van der Waals surface area (Å²) in [7, 11) is 3.14. The molecule has 35 heavy (non-hydrogen) atoms. The maximum atomic E-state index is 12.5. The molecule has 1 amide bonds. The van der Waals surface area contributed by atoms with Crippen LogP contribution in [-0.4, -0.2) is 36.2 Å². The van der Waals surface area contributed by atoms with Gasteiger partial charge in [0.2, 0.25) is 0 Å². The molecule has 0 aliphatic heterocycles. The molecule has 7 heteroatoms. The Morgan fingerprint density at radius 1 is 0.943 bits per heavy atom. The van der Waals surface area contributed by atoms with Crippen LogP contribution in [0.1, 0.15) is 41.0 Å². The number of benzene rings is 3. The number of hydrogen-bond donors (Lipinski definition) is 1. The van der Waals surface area contributed by atoms with Gasteiger partial charge in [-0.1, -0.05) is 46.6 Å². The van der Waals surface area contributed by atoms with Crippen LogP contribution >= 0.6 is 15.9 Å². The highest BCUT2D eigenvalue weighted by atomic mass is 79.9. The second-order valence-corrected chi connectivity index (χ2v) is 9.28. The predicted molar refractivity (Wildman–Crippen MR) is 142 cm³/mol. The third-order valence-corrected chi connectivity index (χ3v) is 6.47. The summed E-state index contributed by atoms with van der Waals surface area (Å²) < 4.78 is 13.9. The van der Waals surface area contributed by atoms with Crippen molar-refractivity contribution in [3.8, 4) is 11.5 Å². The molecule has 1 aromatic heterocycles. The Morgan fingerprint density at radius 2 is 1.77 bits per heavy atom. The molecule has 1 heterocycles. The number of para-hydroxylation sites is 2. The van der Waals surface area contributed by atoms with Crippen LogP contribution in [0, 0.1) is 0 Å². The quantitative estimate of drug-likeness (QED) is 0.239. The number of aromatic nitrogens is 2. The molecule has 3 aromatic carbocycles. The van der Waals surface area contributed by atoms with Gasteiger partial charge in [-0.05, 0) is 60.9 Å². The Balaban J connectivity index is 1.31. The number of halogens is 1. The summed E-state index contributed by atoms with van der Waals surface area (Å²) in [5.74, 6) is 2.14. The highest BCUT2D eigenvalue weighted by Gasteiger charge is 2.12. The number of carbonyl (C=O) groups excluding carboxylic acids is 1. The minimum Gasteiger partial charge on any atom is -0.493 e. The molecule has 0 aliphatic rings. The third kappa shape index (κ3) is 6.22. The first kappa shape index (κ1) is 24.8. The monoisotopic (exact) mass is 535 g/mol. The van der Waals surface area contributed by atoms with Gasteiger partial charge in [-0.15, -0.1) is 0 Å². The van der Waals surface area contributed by atoms with Crippen molar-refractivity contribution in [2.75, 3.05) is 20.8 Å². The zero-order valence-electron chi connectivity index (χ0n) is 20.1. The van der Waals surface area contributed by atoms with Crippen molar-refractivity contribution < 1.29 is 14.3 Å². The fourth-order valence-corrected chi connectivity index (χ4v) is 4.62. The standard InChI is InChI=1S/C28H30BrN3O3/c1-34-25-15-14-21(18-26(25)35-2)28(33)30-16-7-3-4-13-27-31-23-11-5-6-12-24(23)32(27)19-20-9-8-10-22(29)17-20/h5-6,8-12,14-15,17-18H,3-4,7,13,16,19H2,1-2H3,(H,30,33). The SMILES string of the molecule is COc1ccc(C(=O)NCCCCCc2nc3ccccc3n2Cc2cccc(Br)c2)cc1OC. The van der Waals surface area contributed by atoms with Crippen LogP contribution in [0.15, 0.2) is 71.2 Å². The van der Waals surface area contributed by atoms with E-state index in [9.17, 15) is 4.79 Å². The fraction of sp³-hybridized carbons (Fsp3) is 0.286. The van der Waals surface area contributed by atoms with Crippen molar-refractivity contribution >= 4 is 32.9 Å². The van der Waals surface area contributed by atoms with Crippen LogP contribution in [0.25, 0.3) is 11.0 Å². The Labute approximate surface area is 214 Å².